The molecule has 0 heterocycles. The van der Waals surface area contributed by atoms with E-state index < -0.39 is 17.6 Å². The Morgan fingerprint density at radius 2 is 1.40 bits per heavy atom. The summed E-state index contributed by atoms with van der Waals surface area (Å²) in [6, 6.07) is 13.0. The lowest BCUT2D eigenvalue weighted by Gasteiger charge is -2.18. The van der Waals surface area contributed by atoms with Crippen molar-refractivity contribution in [3.8, 4) is 0 Å². The fraction of sp³-hybridized carbons (Fsp3) is 0.0455. The van der Waals surface area contributed by atoms with Crippen molar-refractivity contribution in [3.05, 3.63) is 99.1 Å². The monoisotopic (exact) mass is 429 g/mol. The first-order valence-corrected chi connectivity index (χ1v) is 9.05. The van der Waals surface area contributed by atoms with Crippen molar-refractivity contribution in [2.24, 2.45) is 0 Å². The summed E-state index contributed by atoms with van der Waals surface area (Å²) in [6.45, 7) is 0. The van der Waals surface area contributed by atoms with Crippen LogP contribution < -0.4 is 5.32 Å². The summed E-state index contributed by atoms with van der Waals surface area (Å²) < 4.78 is 38.3. The van der Waals surface area contributed by atoms with Gasteiger partial charge in [-0.15, -0.1) is 0 Å². The number of anilines is 1. The lowest BCUT2D eigenvalue weighted by atomic mass is 9.83. The third-order valence-corrected chi connectivity index (χ3v) is 5.04. The molecule has 4 rings (SSSR count). The zero-order valence-electron chi connectivity index (χ0n) is 15.0. The molecule has 1 aliphatic rings. The van der Waals surface area contributed by atoms with Crippen LogP contribution in [-0.4, -0.2) is 17.5 Å². The Hall–Kier alpha value is -3.45. The number of fused-ring (bicyclic) bond motifs is 2. The molecule has 0 fully saturated rings. The predicted octanol–water partition coefficient (Wildman–Crippen LogP) is 5.39. The van der Waals surface area contributed by atoms with Crippen molar-refractivity contribution >= 4 is 34.8 Å². The smallest absolute Gasteiger partial charge is 0.321 e. The Morgan fingerprint density at radius 1 is 0.800 bits per heavy atom. The maximum absolute atomic E-state index is 12.8. The molecule has 0 bridgehead atoms. The average Bonchev–Trinajstić information content (AvgIpc) is 2.72. The van der Waals surface area contributed by atoms with Crippen LogP contribution in [0.2, 0.25) is 5.02 Å². The van der Waals surface area contributed by atoms with Crippen LogP contribution in [0, 0.1) is 0 Å². The van der Waals surface area contributed by atoms with Gasteiger partial charge in [0.25, 0.3) is 5.91 Å². The standard InChI is InChI=1S/C22H11ClF3NO3/c23-17-10-12(22(24,25)26)6-8-18(17)27-21(30)11-5-7-15-16(9-11)20(29)14-4-2-1-3-13(14)19(15)28/h1-10H,(H,27,30). The lowest BCUT2D eigenvalue weighted by molar-refractivity contribution is -0.137. The van der Waals surface area contributed by atoms with Gasteiger partial charge in [0.05, 0.1) is 16.3 Å². The highest BCUT2D eigenvalue weighted by Gasteiger charge is 2.32. The van der Waals surface area contributed by atoms with Crippen molar-refractivity contribution < 1.29 is 27.6 Å². The van der Waals surface area contributed by atoms with Gasteiger partial charge in [-0.1, -0.05) is 35.9 Å². The average molecular weight is 430 g/mol. The Morgan fingerprint density at radius 3 is 2.00 bits per heavy atom. The molecule has 30 heavy (non-hydrogen) atoms. The molecule has 0 aromatic heterocycles. The van der Waals surface area contributed by atoms with Gasteiger partial charge in [-0.25, -0.2) is 0 Å². The molecule has 0 saturated carbocycles. The van der Waals surface area contributed by atoms with Gasteiger partial charge in [0.15, 0.2) is 11.6 Å². The van der Waals surface area contributed by atoms with Crippen molar-refractivity contribution in [2.75, 3.05) is 5.32 Å². The minimum Gasteiger partial charge on any atom is -0.321 e. The second-order valence-electron chi connectivity index (χ2n) is 6.61. The summed E-state index contributed by atoms with van der Waals surface area (Å²) in [6.07, 6.45) is -4.56. The van der Waals surface area contributed by atoms with E-state index in [2.05, 4.69) is 5.32 Å². The third-order valence-electron chi connectivity index (χ3n) is 4.73. The van der Waals surface area contributed by atoms with E-state index in [-0.39, 0.29) is 44.5 Å². The lowest BCUT2D eigenvalue weighted by Crippen LogP contribution is -2.22. The summed E-state index contributed by atoms with van der Waals surface area (Å²) >= 11 is 5.87. The molecule has 4 nitrogen and oxygen atoms in total. The van der Waals surface area contributed by atoms with E-state index in [0.717, 1.165) is 12.1 Å². The first kappa shape index (κ1) is 19.8. The van der Waals surface area contributed by atoms with Gasteiger partial charge in [0.1, 0.15) is 0 Å². The molecular formula is C22H11ClF3NO3. The van der Waals surface area contributed by atoms with E-state index in [1.54, 1.807) is 18.2 Å². The number of alkyl halides is 3. The van der Waals surface area contributed by atoms with E-state index in [0.29, 0.717) is 11.6 Å². The van der Waals surface area contributed by atoms with Crippen LogP contribution in [0.5, 0.6) is 0 Å². The molecule has 0 radical (unpaired) electrons. The van der Waals surface area contributed by atoms with Crippen LogP contribution in [0.3, 0.4) is 0 Å². The number of carbonyl (C=O) groups excluding carboxylic acids is 3. The SMILES string of the molecule is O=C(Nc1ccc(C(F)(F)F)cc1Cl)c1ccc2c(c1)C(=O)c1ccccc1C2=O. The van der Waals surface area contributed by atoms with Crippen LogP contribution >= 0.6 is 11.6 Å². The highest BCUT2D eigenvalue weighted by Crippen LogP contribution is 2.34. The Labute approximate surface area is 173 Å². The van der Waals surface area contributed by atoms with Crippen LogP contribution in [0.15, 0.2) is 60.7 Å². The van der Waals surface area contributed by atoms with Crippen LogP contribution in [0.1, 0.15) is 47.8 Å². The molecule has 150 valence electrons. The molecule has 3 aromatic rings. The highest BCUT2D eigenvalue weighted by molar-refractivity contribution is 6.34. The molecule has 0 spiro atoms. The van der Waals surface area contributed by atoms with Gasteiger partial charge in [-0.3, -0.25) is 14.4 Å². The number of ketones is 2. The molecular weight excluding hydrogens is 419 g/mol. The summed E-state index contributed by atoms with van der Waals surface area (Å²) in [4.78, 5) is 38.0. The summed E-state index contributed by atoms with van der Waals surface area (Å²) in [5.74, 6) is -1.39. The molecule has 8 heteroatoms. The van der Waals surface area contributed by atoms with E-state index in [1.807, 2.05) is 0 Å². The van der Waals surface area contributed by atoms with Gasteiger partial charge >= 0.3 is 6.18 Å². The quantitative estimate of drug-likeness (QED) is 0.465. The van der Waals surface area contributed by atoms with E-state index in [9.17, 15) is 27.6 Å². The molecule has 1 amide bonds. The van der Waals surface area contributed by atoms with Crippen molar-refractivity contribution in [1.82, 2.24) is 0 Å². The van der Waals surface area contributed by atoms with Gasteiger partial charge in [-0.05, 0) is 36.4 Å². The van der Waals surface area contributed by atoms with Gasteiger partial charge in [-0.2, -0.15) is 13.2 Å². The third kappa shape index (κ3) is 3.37. The number of nitrogens with one attached hydrogen (secondary N) is 1. The Bertz CT molecular complexity index is 1230. The molecule has 0 aliphatic heterocycles. The van der Waals surface area contributed by atoms with Crippen molar-refractivity contribution in [2.45, 2.75) is 6.18 Å². The Balaban J connectivity index is 1.64. The highest BCUT2D eigenvalue weighted by atomic mass is 35.5. The number of halogens is 4. The summed E-state index contributed by atoms with van der Waals surface area (Å²) in [5.41, 5.74) is -0.0813. The first-order chi connectivity index (χ1) is 14.2. The summed E-state index contributed by atoms with van der Waals surface area (Å²) in [5, 5.41) is 2.14. The van der Waals surface area contributed by atoms with Gasteiger partial charge < -0.3 is 5.32 Å². The second-order valence-corrected chi connectivity index (χ2v) is 7.02. The zero-order chi connectivity index (χ0) is 21.6. The van der Waals surface area contributed by atoms with Crippen LogP contribution in [-0.2, 0) is 6.18 Å². The van der Waals surface area contributed by atoms with Gasteiger partial charge in [0.2, 0.25) is 0 Å². The zero-order valence-corrected chi connectivity index (χ0v) is 15.8. The fourth-order valence-electron chi connectivity index (χ4n) is 3.23. The van der Waals surface area contributed by atoms with E-state index in [1.165, 1.54) is 24.3 Å². The normalized spacial score (nSPS) is 12.9. The maximum atomic E-state index is 12.8. The maximum Gasteiger partial charge on any atom is 0.416 e. The molecule has 0 atom stereocenters. The van der Waals surface area contributed by atoms with E-state index in [4.69, 9.17) is 11.6 Å². The molecule has 1 aliphatic carbocycles. The molecule has 0 unspecified atom stereocenters. The van der Waals surface area contributed by atoms with Crippen LogP contribution in [0.25, 0.3) is 0 Å². The van der Waals surface area contributed by atoms with Crippen LogP contribution in [0.4, 0.5) is 18.9 Å². The van der Waals surface area contributed by atoms with E-state index >= 15 is 0 Å². The fourth-order valence-corrected chi connectivity index (χ4v) is 3.46. The first-order valence-electron chi connectivity index (χ1n) is 8.67. The number of carbonyl (C=O) groups is 3. The number of benzene rings is 3. The van der Waals surface area contributed by atoms with Gasteiger partial charge in [0, 0.05) is 27.8 Å². The van der Waals surface area contributed by atoms with Crippen molar-refractivity contribution in [1.29, 1.82) is 0 Å². The van der Waals surface area contributed by atoms with Crippen molar-refractivity contribution in [3.63, 3.8) is 0 Å². The number of amides is 1. The Kier molecular flexibility index (Phi) is 4.70. The minimum absolute atomic E-state index is 0.0138. The molecule has 0 saturated heterocycles. The minimum atomic E-state index is -4.56. The predicted molar refractivity (Wildman–Crippen MR) is 104 cm³/mol. The topological polar surface area (TPSA) is 63.2 Å². The molecule has 3 aromatic carbocycles. The number of hydrogen-bond donors (Lipinski definition) is 1. The second kappa shape index (κ2) is 7.11. The summed E-state index contributed by atoms with van der Waals surface area (Å²) in [7, 11) is 0. The number of rotatable bonds is 2. The largest absolute Gasteiger partial charge is 0.416 e. The number of hydrogen-bond acceptors (Lipinski definition) is 3. The molecule has 1 N–H and O–H groups in total.